The lowest BCUT2D eigenvalue weighted by Gasteiger charge is -2.35. The average molecular weight is 459 g/mol. The van der Waals surface area contributed by atoms with Gasteiger partial charge in [-0.1, -0.05) is 0 Å². The highest BCUT2D eigenvalue weighted by Gasteiger charge is 2.23. The monoisotopic (exact) mass is 458 g/mol. The van der Waals surface area contributed by atoms with Crippen molar-refractivity contribution in [3.05, 3.63) is 42.6 Å². The second-order valence-electron chi connectivity index (χ2n) is 8.82. The Labute approximate surface area is 193 Å². The van der Waals surface area contributed by atoms with E-state index in [9.17, 15) is 4.79 Å². The second kappa shape index (κ2) is 9.71. The Morgan fingerprint density at radius 1 is 1.03 bits per heavy atom. The molecule has 2 fully saturated rings. The van der Waals surface area contributed by atoms with Crippen molar-refractivity contribution in [1.29, 1.82) is 0 Å². The molecule has 0 radical (unpaired) electrons. The first kappa shape index (κ1) is 22.3. The predicted octanol–water partition coefficient (Wildman–Crippen LogP) is 5.51. The Hall–Kier alpha value is -1.90. The van der Waals surface area contributed by atoms with E-state index in [1.54, 1.807) is 18.1 Å². The third-order valence-corrected chi connectivity index (χ3v) is 7.29. The normalized spacial score (nSPS) is 17.5. The molecule has 2 heterocycles. The van der Waals surface area contributed by atoms with Crippen LogP contribution in [0.4, 0.5) is 16.3 Å². The number of ether oxygens (including phenoxy) is 1. The Bertz CT molecular complexity index is 872. The van der Waals surface area contributed by atoms with Crippen molar-refractivity contribution < 1.29 is 9.53 Å². The number of thioether (sulfide) groups is 1. The van der Waals surface area contributed by atoms with E-state index in [-0.39, 0.29) is 0 Å². The zero-order valence-electron chi connectivity index (χ0n) is 18.3. The van der Waals surface area contributed by atoms with E-state index >= 15 is 0 Å². The van der Waals surface area contributed by atoms with Crippen molar-refractivity contribution in [2.45, 2.75) is 54.3 Å². The van der Waals surface area contributed by atoms with Gasteiger partial charge < -0.3 is 9.64 Å². The first-order chi connectivity index (χ1) is 14.8. The molecule has 2 aromatic rings. The molecule has 0 unspecified atom stereocenters. The van der Waals surface area contributed by atoms with Crippen LogP contribution in [0.2, 0.25) is 0 Å². The highest BCUT2D eigenvalue weighted by molar-refractivity contribution is 8.00. The summed E-state index contributed by atoms with van der Waals surface area (Å²) in [6, 6.07) is 12.8. The van der Waals surface area contributed by atoms with Crippen LogP contribution in [0.15, 0.2) is 52.4 Å². The first-order valence-corrected chi connectivity index (χ1v) is 12.4. The van der Waals surface area contributed by atoms with Gasteiger partial charge in [0.25, 0.3) is 0 Å². The number of carbonyl (C=O) groups is 1. The van der Waals surface area contributed by atoms with E-state index in [1.807, 2.05) is 44.7 Å². The van der Waals surface area contributed by atoms with Gasteiger partial charge in [-0.15, -0.1) is 11.8 Å². The number of piperazine rings is 1. The van der Waals surface area contributed by atoms with Crippen molar-refractivity contribution >= 4 is 41.3 Å². The van der Waals surface area contributed by atoms with Crippen LogP contribution < -0.4 is 10.2 Å². The van der Waals surface area contributed by atoms with E-state index in [1.165, 1.54) is 23.4 Å². The van der Waals surface area contributed by atoms with Gasteiger partial charge in [-0.25, -0.2) is 14.1 Å². The number of hydrogen-bond acceptors (Lipinski definition) is 7. The molecule has 1 amide bonds. The molecule has 0 spiro atoms. The molecule has 4 rings (SSSR count). The van der Waals surface area contributed by atoms with Gasteiger partial charge in [0.1, 0.15) is 11.4 Å². The number of benzene rings is 1. The lowest BCUT2D eigenvalue weighted by atomic mass is 10.2. The van der Waals surface area contributed by atoms with Gasteiger partial charge in [0, 0.05) is 53.1 Å². The Kier molecular flexibility index (Phi) is 6.99. The van der Waals surface area contributed by atoms with Crippen LogP contribution in [0, 0.1) is 0 Å². The lowest BCUT2D eigenvalue weighted by molar-refractivity contribution is 0.0635. The number of nitrogens with one attached hydrogen (secondary N) is 1. The first-order valence-electron chi connectivity index (χ1n) is 10.7. The summed E-state index contributed by atoms with van der Waals surface area (Å²) in [6.07, 6.45) is 4.03. The molecular weight excluding hydrogens is 428 g/mol. The predicted molar refractivity (Wildman–Crippen MR) is 129 cm³/mol. The Balaban J connectivity index is 1.22. The summed E-state index contributed by atoms with van der Waals surface area (Å²) in [6.45, 7) is 9.50. The van der Waals surface area contributed by atoms with Gasteiger partial charge in [-0.3, -0.25) is 5.32 Å². The van der Waals surface area contributed by atoms with Crippen LogP contribution >= 0.6 is 23.7 Å². The molecule has 1 aliphatic heterocycles. The number of carbonyl (C=O) groups excluding carboxylic acids is 1. The summed E-state index contributed by atoms with van der Waals surface area (Å²) in [5.41, 5.74) is 0.781. The Morgan fingerprint density at radius 2 is 1.71 bits per heavy atom. The minimum Gasteiger partial charge on any atom is -0.444 e. The van der Waals surface area contributed by atoms with Crippen LogP contribution in [-0.2, 0) is 4.74 Å². The van der Waals surface area contributed by atoms with E-state index in [2.05, 4.69) is 43.8 Å². The average Bonchev–Trinajstić information content (AvgIpc) is 3.53. The summed E-state index contributed by atoms with van der Waals surface area (Å²) in [4.78, 5) is 21.1. The van der Waals surface area contributed by atoms with Crippen LogP contribution in [0.25, 0.3) is 0 Å². The fourth-order valence-electron chi connectivity index (χ4n) is 3.22. The van der Waals surface area contributed by atoms with Crippen LogP contribution in [0.3, 0.4) is 0 Å². The molecule has 6 nitrogen and oxygen atoms in total. The van der Waals surface area contributed by atoms with Gasteiger partial charge >= 0.3 is 6.09 Å². The largest absolute Gasteiger partial charge is 0.444 e. The number of nitrogens with zero attached hydrogens (tertiary/aromatic N) is 3. The number of hydrogen-bond donors (Lipinski definition) is 1. The topological polar surface area (TPSA) is 57.7 Å². The van der Waals surface area contributed by atoms with Crippen LogP contribution in [0.5, 0.6) is 0 Å². The maximum Gasteiger partial charge on any atom is 0.413 e. The van der Waals surface area contributed by atoms with Gasteiger partial charge in [0.2, 0.25) is 0 Å². The van der Waals surface area contributed by atoms with Gasteiger partial charge in [-0.2, -0.15) is 0 Å². The van der Waals surface area contributed by atoms with Gasteiger partial charge in [0.05, 0.1) is 0 Å². The summed E-state index contributed by atoms with van der Waals surface area (Å²) < 4.78 is 7.62. The zero-order valence-corrected chi connectivity index (χ0v) is 20.0. The highest BCUT2D eigenvalue weighted by Crippen LogP contribution is 2.39. The van der Waals surface area contributed by atoms with Gasteiger partial charge in [-0.05, 0) is 82.0 Å². The smallest absolute Gasteiger partial charge is 0.413 e. The molecule has 1 aromatic heterocycles. The van der Waals surface area contributed by atoms with Crippen molar-refractivity contribution in [1.82, 2.24) is 9.29 Å². The minimum atomic E-state index is -0.528. The van der Waals surface area contributed by atoms with Crippen molar-refractivity contribution in [2.75, 3.05) is 36.4 Å². The molecule has 0 bridgehead atoms. The number of pyridine rings is 1. The van der Waals surface area contributed by atoms with E-state index in [4.69, 9.17) is 4.74 Å². The number of anilines is 2. The molecule has 1 saturated heterocycles. The van der Waals surface area contributed by atoms with E-state index in [0.717, 1.165) is 36.3 Å². The molecule has 1 aliphatic carbocycles. The van der Waals surface area contributed by atoms with Crippen LogP contribution in [0.1, 0.15) is 33.6 Å². The number of aromatic nitrogens is 1. The van der Waals surface area contributed by atoms with Gasteiger partial charge in [0.15, 0.2) is 0 Å². The molecule has 1 saturated carbocycles. The maximum absolute atomic E-state index is 11.9. The fraction of sp³-hybridized carbons (Fsp3) is 0.478. The minimum absolute atomic E-state index is 0.490. The zero-order chi connectivity index (χ0) is 21.8. The molecular formula is C23H30N4O2S2. The SMILES string of the molecule is CC(C)(C)OC(=O)Nc1ccc(SN2CCN(c3ccc(SC4CC4)cc3)CC2)cn1. The molecule has 1 N–H and O–H groups in total. The Morgan fingerprint density at radius 3 is 2.29 bits per heavy atom. The fourth-order valence-corrected chi connectivity index (χ4v) is 5.14. The summed E-state index contributed by atoms with van der Waals surface area (Å²) >= 11 is 3.72. The second-order valence-corrected chi connectivity index (χ2v) is 11.4. The molecule has 166 valence electrons. The van der Waals surface area contributed by atoms with Crippen molar-refractivity contribution in [3.8, 4) is 0 Å². The van der Waals surface area contributed by atoms with Crippen molar-refractivity contribution in [3.63, 3.8) is 0 Å². The quantitative estimate of drug-likeness (QED) is 0.573. The molecule has 31 heavy (non-hydrogen) atoms. The van der Waals surface area contributed by atoms with E-state index in [0.29, 0.717) is 5.82 Å². The standard InChI is InChI=1S/C23H30N4O2S2/c1-23(2,3)29-22(28)25-21-11-10-20(16-24-21)31-27-14-12-26(13-15-27)17-4-6-18(7-5-17)30-19-8-9-19/h4-7,10-11,16,19H,8-9,12-15H2,1-3H3,(H,24,25,28). The third-order valence-electron chi connectivity index (χ3n) is 4.87. The van der Waals surface area contributed by atoms with Crippen LogP contribution in [-0.4, -0.2) is 52.4 Å². The number of amides is 1. The number of rotatable bonds is 6. The molecule has 0 atom stereocenters. The van der Waals surface area contributed by atoms with E-state index < -0.39 is 11.7 Å². The highest BCUT2D eigenvalue weighted by atomic mass is 32.2. The maximum atomic E-state index is 11.9. The molecule has 2 aliphatic rings. The third kappa shape index (κ3) is 7.05. The lowest BCUT2D eigenvalue weighted by Crippen LogP contribution is -2.43. The van der Waals surface area contributed by atoms with Crippen molar-refractivity contribution in [2.24, 2.45) is 0 Å². The summed E-state index contributed by atoms with van der Waals surface area (Å²) in [5, 5.41) is 3.52. The molecule has 8 heteroatoms. The summed E-state index contributed by atoms with van der Waals surface area (Å²) in [5.74, 6) is 0.492. The summed E-state index contributed by atoms with van der Waals surface area (Å²) in [7, 11) is 0. The molecule has 1 aromatic carbocycles.